The van der Waals surface area contributed by atoms with Gasteiger partial charge in [0.2, 0.25) is 0 Å². The number of rotatable bonds is 1. The number of nitrogens with two attached hydrogens (primary N) is 2. The second kappa shape index (κ2) is 3.69. The van der Waals surface area contributed by atoms with E-state index in [-0.39, 0.29) is 23.4 Å². The van der Waals surface area contributed by atoms with Gasteiger partial charge in [-0.25, -0.2) is 0 Å². The lowest BCUT2D eigenvalue weighted by Crippen LogP contribution is -2.09. The van der Waals surface area contributed by atoms with E-state index in [0.717, 1.165) is 12.1 Å². The molecule has 0 saturated heterocycles. The first-order chi connectivity index (χ1) is 6.86. The van der Waals surface area contributed by atoms with Crippen molar-refractivity contribution >= 4 is 11.4 Å². The summed E-state index contributed by atoms with van der Waals surface area (Å²) in [5.74, 6) is 0. The lowest BCUT2D eigenvalue weighted by atomic mass is 10.0. The molecule has 1 aromatic carbocycles. The quantitative estimate of drug-likeness (QED) is 0.703. The zero-order chi connectivity index (χ0) is 11.6. The average molecular weight is 215 g/mol. The van der Waals surface area contributed by atoms with Crippen LogP contribution in [0.1, 0.15) is 11.1 Å². The number of nitriles is 1. The third-order valence-electron chi connectivity index (χ3n) is 1.90. The van der Waals surface area contributed by atoms with Crippen LogP contribution in [0.25, 0.3) is 0 Å². The van der Waals surface area contributed by atoms with Crippen molar-refractivity contribution in [3.05, 3.63) is 23.3 Å². The Morgan fingerprint density at radius 1 is 1.20 bits per heavy atom. The number of benzene rings is 1. The molecule has 0 saturated carbocycles. The number of halogens is 3. The van der Waals surface area contributed by atoms with Gasteiger partial charge in [0.25, 0.3) is 0 Å². The summed E-state index contributed by atoms with van der Waals surface area (Å²) >= 11 is 0. The van der Waals surface area contributed by atoms with Crippen LogP contribution in [0.5, 0.6) is 0 Å². The van der Waals surface area contributed by atoms with E-state index in [1.807, 2.05) is 0 Å². The third-order valence-corrected chi connectivity index (χ3v) is 1.90. The molecule has 0 amide bonds. The Morgan fingerprint density at radius 2 is 1.67 bits per heavy atom. The van der Waals surface area contributed by atoms with Crippen LogP contribution in [0.3, 0.4) is 0 Å². The van der Waals surface area contributed by atoms with Gasteiger partial charge in [-0.15, -0.1) is 0 Å². The van der Waals surface area contributed by atoms with Gasteiger partial charge in [-0.2, -0.15) is 18.4 Å². The first-order valence-corrected chi connectivity index (χ1v) is 3.98. The first-order valence-electron chi connectivity index (χ1n) is 3.98. The van der Waals surface area contributed by atoms with E-state index in [2.05, 4.69) is 0 Å². The number of nitrogen functional groups attached to an aromatic ring is 2. The molecule has 0 bridgehead atoms. The van der Waals surface area contributed by atoms with Gasteiger partial charge in [0.15, 0.2) is 0 Å². The van der Waals surface area contributed by atoms with Gasteiger partial charge in [0.05, 0.1) is 18.1 Å². The Balaban J connectivity index is 3.27. The van der Waals surface area contributed by atoms with Gasteiger partial charge < -0.3 is 11.5 Å². The van der Waals surface area contributed by atoms with Crippen molar-refractivity contribution in [3.8, 4) is 6.07 Å². The van der Waals surface area contributed by atoms with Crippen molar-refractivity contribution < 1.29 is 13.2 Å². The van der Waals surface area contributed by atoms with E-state index in [1.165, 1.54) is 0 Å². The minimum atomic E-state index is -4.48. The van der Waals surface area contributed by atoms with Crippen LogP contribution in [-0.2, 0) is 12.6 Å². The fraction of sp³-hybridized carbons (Fsp3) is 0.222. The van der Waals surface area contributed by atoms with E-state index in [9.17, 15) is 13.2 Å². The molecule has 0 aromatic heterocycles. The molecule has 0 aliphatic carbocycles. The standard InChI is InChI=1S/C9H8F3N3/c10-9(11,12)5-3-7(14)6(1-2-13)8(15)4-5/h3-4H,1,14-15H2. The highest BCUT2D eigenvalue weighted by molar-refractivity contribution is 5.64. The van der Waals surface area contributed by atoms with Crippen molar-refractivity contribution in [1.29, 1.82) is 5.26 Å². The number of nitrogens with zero attached hydrogens (tertiary/aromatic N) is 1. The summed E-state index contributed by atoms with van der Waals surface area (Å²) in [6.45, 7) is 0. The Hall–Kier alpha value is -1.90. The summed E-state index contributed by atoms with van der Waals surface area (Å²) in [5.41, 5.74) is 9.87. The summed E-state index contributed by atoms with van der Waals surface area (Å²) in [4.78, 5) is 0. The van der Waals surface area contributed by atoms with Crippen molar-refractivity contribution in [2.75, 3.05) is 11.5 Å². The van der Waals surface area contributed by atoms with E-state index >= 15 is 0 Å². The van der Waals surface area contributed by atoms with Gasteiger partial charge in [-0.1, -0.05) is 0 Å². The molecule has 0 unspecified atom stereocenters. The van der Waals surface area contributed by atoms with Crippen LogP contribution in [0.2, 0.25) is 0 Å². The highest BCUT2D eigenvalue weighted by Crippen LogP contribution is 2.34. The molecule has 15 heavy (non-hydrogen) atoms. The third kappa shape index (κ3) is 2.31. The van der Waals surface area contributed by atoms with Crippen molar-refractivity contribution in [3.63, 3.8) is 0 Å². The van der Waals surface area contributed by atoms with Crippen LogP contribution in [0.4, 0.5) is 24.5 Å². The second-order valence-electron chi connectivity index (χ2n) is 2.97. The maximum atomic E-state index is 12.3. The highest BCUT2D eigenvalue weighted by Gasteiger charge is 2.31. The minimum absolute atomic E-state index is 0.101. The molecular formula is C9H8F3N3. The van der Waals surface area contributed by atoms with Crippen molar-refractivity contribution in [2.24, 2.45) is 0 Å². The summed E-state index contributed by atoms with van der Waals surface area (Å²) < 4.78 is 36.9. The SMILES string of the molecule is N#CCc1c(N)cc(C(F)(F)F)cc1N. The summed E-state index contributed by atoms with van der Waals surface area (Å²) in [5, 5.41) is 8.41. The largest absolute Gasteiger partial charge is 0.416 e. The smallest absolute Gasteiger partial charge is 0.398 e. The topological polar surface area (TPSA) is 75.8 Å². The molecule has 1 rings (SSSR count). The Kier molecular flexibility index (Phi) is 2.75. The Bertz CT molecular complexity index is 395. The molecular weight excluding hydrogens is 207 g/mol. The van der Waals surface area contributed by atoms with E-state index < -0.39 is 11.7 Å². The van der Waals surface area contributed by atoms with E-state index in [4.69, 9.17) is 16.7 Å². The highest BCUT2D eigenvalue weighted by atomic mass is 19.4. The zero-order valence-corrected chi connectivity index (χ0v) is 7.60. The molecule has 0 heterocycles. The van der Waals surface area contributed by atoms with Crippen LogP contribution < -0.4 is 11.5 Å². The maximum absolute atomic E-state index is 12.3. The van der Waals surface area contributed by atoms with Gasteiger partial charge in [0.1, 0.15) is 0 Å². The monoisotopic (exact) mass is 215 g/mol. The lowest BCUT2D eigenvalue weighted by molar-refractivity contribution is -0.137. The molecule has 1 aromatic rings. The predicted octanol–water partition coefficient (Wildman–Crippen LogP) is 1.94. The Morgan fingerprint density at radius 3 is 2.00 bits per heavy atom. The van der Waals surface area contributed by atoms with Gasteiger partial charge in [-0.05, 0) is 12.1 Å². The normalized spacial score (nSPS) is 11.1. The van der Waals surface area contributed by atoms with E-state index in [1.54, 1.807) is 6.07 Å². The van der Waals surface area contributed by atoms with Crippen molar-refractivity contribution in [2.45, 2.75) is 12.6 Å². The number of hydrogen-bond donors (Lipinski definition) is 2. The molecule has 0 aliphatic rings. The van der Waals surface area contributed by atoms with Crippen LogP contribution in [0.15, 0.2) is 12.1 Å². The van der Waals surface area contributed by atoms with Gasteiger partial charge >= 0.3 is 6.18 Å². The molecule has 0 fully saturated rings. The predicted molar refractivity (Wildman–Crippen MR) is 49.6 cm³/mol. The first kappa shape index (κ1) is 11.2. The average Bonchev–Trinajstić information content (AvgIpc) is 2.09. The zero-order valence-electron chi connectivity index (χ0n) is 7.60. The van der Waals surface area contributed by atoms with Crippen LogP contribution >= 0.6 is 0 Å². The molecule has 6 heteroatoms. The molecule has 0 atom stereocenters. The van der Waals surface area contributed by atoms with Gasteiger partial charge in [0, 0.05) is 16.9 Å². The molecule has 0 aliphatic heterocycles. The summed E-state index contributed by atoms with van der Waals surface area (Å²) in [6.07, 6.45) is -4.58. The molecule has 3 nitrogen and oxygen atoms in total. The number of alkyl halides is 3. The minimum Gasteiger partial charge on any atom is -0.398 e. The van der Waals surface area contributed by atoms with Gasteiger partial charge in [-0.3, -0.25) is 0 Å². The number of hydrogen-bond acceptors (Lipinski definition) is 3. The Labute approximate surface area is 84.1 Å². The van der Waals surface area contributed by atoms with Crippen LogP contribution in [0, 0.1) is 11.3 Å². The van der Waals surface area contributed by atoms with E-state index in [0.29, 0.717) is 0 Å². The molecule has 0 radical (unpaired) electrons. The fourth-order valence-corrected chi connectivity index (χ4v) is 1.16. The summed E-state index contributed by atoms with van der Waals surface area (Å²) in [7, 11) is 0. The lowest BCUT2D eigenvalue weighted by Gasteiger charge is -2.11. The summed E-state index contributed by atoms with van der Waals surface area (Å²) in [6, 6.07) is 3.34. The maximum Gasteiger partial charge on any atom is 0.416 e. The number of anilines is 2. The molecule has 0 spiro atoms. The second-order valence-corrected chi connectivity index (χ2v) is 2.97. The molecule has 4 N–H and O–H groups in total. The molecule has 80 valence electrons. The van der Waals surface area contributed by atoms with Crippen LogP contribution in [-0.4, -0.2) is 0 Å². The van der Waals surface area contributed by atoms with Crippen molar-refractivity contribution in [1.82, 2.24) is 0 Å². The fourth-order valence-electron chi connectivity index (χ4n) is 1.16.